The van der Waals surface area contributed by atoms with Gasteiger partial charge in [-0.2, -0.15) is 0 Å². The van der Waals surface area contributed by atoms with Crippen LogP contribution in [0.1, 0.15) is 54.9 Å². The van der Waals surface area contributed by atoms with Gasteiger partial charge in [-0.15, -0.1) is 0 Å². The number of fused-ring (bicyclic) bond motifs is 1. The zero-order chi connectivity index (χ0) is 19.8. The summed E-state index contributed by atoms with van der Waals surface area (Å²) in [7, 11) is 0. The van der Waals surface area contributed by atoms with Gasteiger partial charge in [0.1, 0.15) is 5.78 Å². The molecule has 28 heavy (non-hydrogen) atoms. The van der Waals surface area contributed by atoms with Crippen LogP contribution in [0.3, 0.4) is 0 Å². The van der Waals surface area contributed by atoms with Crippen LogP contribution < -0.4 is 0 Å². The van der Waals surface area contributed by atoms with Crippen LogP contribution >= 0.6 is 0 Å². The SMILES string of the molecule is CCCCC(=O)CC(CCc1ccccc1)C(=O)c1ccc2ccccc2c1. The summed E-state index contributed by atoms with van der Waals surface area (Å²) >= 11 is 0. The van der Waals surface area contributed by atoms with Crippen molar-refractivity contribution in [1.29, 1.82) is 0 Å². The fraction of sp³-hybridized carbons (Fsp3) is 0.308. The van der Waals surface area contributed by atoms with Gasteiger partial charge in [0.15, 0.2) is 5.78 Å². The Morgan fingerprint density at radius 1 is 0.857 bits per heavy atom. The van der Waals surface area contributed by atoms with Gasteiger partial charge in [-0.25, -0.2) is 0 Å². The Morgan fingerprint density at radius 3 is 2.32 bits per heavy atom. The van der Waals surface area contributed by atoms with E-state index in [0.717, 1.165) is 30.0 Å². The monoisotopic (exact) mass is 372 g/mol. The lowest BCUT2D eigenvalue weighted by Gasteiger charge is -2.16. The van der Waals surface area contributed by atoms with Crippen LogP contribution in [0.4, 0.5) is 0 Å². The third-order valence-corrected chi connectivity index (χ3v) is 5.31. The molecule has 0 fully saturated rings. The van der Waals surface area contributed by atoms with Crippen LogP contribution in [0.5, 0.6) is 0 Å². The molecule has 0 N–H and O–H groups in total. The highest BCUT2D eigenvalue weighted by atomic mass is 16.1. The highest BCUT2D eigenvalue weighted by molar-refractivity contribution is 6.02. The highest BCUT2D eigenvalue weighted by Crippen LogP contribution is 2.23. The summed E-state index contributed by atoms with van der Waals surface area (Å²) < 4.78 is 0. The van der Waals surface area contributed by atoms with E-state index in [-0.39, 0.29) is 17.5 Å². The summed E-state index contributed by atoms with van der Waals surface area (Å²) in [5.41, 5.74) is 1.92. The minimum Gasteiger partial charge on any atom is -0.300 e. The molecule has 0 bridgehead atoms. The zero-order valence-corrected chi connectivity index (χ0v) is 16.6. The van der Waals surface area contributed by atoms with Gasteiger partial charge >= 0.3 is 0 Å². The van der Waals surface area contributed by atoms with Gasteiger partial charge in [-0.05, 0) is 41.7 Å². The molecular formula is C26H28O2. The van der Waals surface area contributed by atoms with Crippen molar-refractivity contribution in [2.75, 3.05) is 0 Å². The standard InChI is InChI=1S/C26H28O2/c1-2-3-13-25(27)19-24(15-14-20-9-5-4-6-10-20)26(28)23-17-16-21-11-7-8-12-22(21)18-23/h4-12,16-18,24H,2-3,13-15,19H2,1H3. The molecule has 0 aromatic heterocycles. The van der Waals surface area contributed by atoms with Gasteiger partial charge < -0.3 is 0 Å². The van der Waals surface area contributed by atoms with Crippen molar-refractivity contribution in [3.63, 3.8) is 0 Å². The normalized spacial score (nSPS) is 12.0. The van der Waals surface area contributed by atoms with Gasteiger partial charge in [0.2, 0.25) is 0 Å². The summed E-state index contributed by atoms with van der Waals surface area (Å²) in [4.78, 5) is 25.7. The van der Waals surface area contributed by atoms with E-state index in [9.17, 15) is 9.59 Å². The molecule has 1 unspecified atom stereocenters. The van der Waals surface area contributed by atoms with E-state index >= 15 is 0 Å². The summed E-state index contributed by atoms with van der Waals surface area (Å²) in [5.74, 6) is 0.0336. The van der Waals surface area contributed by atoms with E-state index in [1.165, 1.54) is 5.56 Å². The van der Waals surface area contributed by atoms with Crippen LogP contribution in [0, 0.1) is 5.92 Å². The van der Waals surface area contributed by atoms with Crippen LogP contribution in [0.25, 0.3) is 10.8 Å². The van der Waals surface area contributed by atoms with Crippen molar-refractivity contribution in [3.05, 3.63) is 83.9 Å². The molecule has 0 amide bonds. The molecule has 3 aromatic rings. The molecule has 0 radical (unpaired) electrons. The number of hydrogen-bond acceptors (Lipinski definition) is 2. The van der Waals surface area contributed by atoms with E-state index in [1.54, 1.807) is 0 Å². The first-order valence-corrected chi connectivity index (χ1v) is 10.3. The molecule has 3 aromatic carbocycles. The van der Waals surface area contributed by atoms with Crippen LogP contribution in [-0.4, -0.2) is 11.6 Å². The van der Waals surface area contributed by atoms with Gasteiger partial charge in [-0.1, -0.05) is 80.1 Å². The third kappa shape index (κ3) is 5.39. The Bertz CT molecular complexity index is 927. The first-order valence-electron chi connectivity index (χ1n) is 10.3. The first kappa shape index (κ1) is 20.0. The number of benzene rings is 3. The van der Waals surface area contributed by atoms with Crippen molar-refractivity contribution in [2.24, 2.45) is 5.92 Å². The maximum atomic E-state index is 13.3. The van der Waals surface area contributed by atoms with Gasteiger partial charge in [0.25, 0.3) is 0 Å². The molecule has 2 nitrogen and oxygen atoms in total. The predicted octanol–water partition coefficient (Wildman–Crippen LogP) is 6.42. The van der Waals surface area contributed by atoms with Gasteiger partial charge in [0, 0.05) is 24.3 Å². The molecule has 0 saturated heterocycles. The second kappa shape index (κ2) is 9.98. The molecular weight excluding hydrogens is 344 g/mol. The number of aryl methyl sites for hydroxylation is 1. The lowest BCUT2D eigenvalue weighted by molar-refractivity contribution is -0.119. The van der Waals surface area contributed by atoms with E-state index in [1.807, 2.05) is 60.7 Å². The number of rotatable bonds is 10. The molecule has 144 valence electrons. The molecule has 2 heteroatoms. The molecule has 0 aliphatic heterocycles. The lowest BCUT2D eigenvalue weighted by atomic mass is 9.86. The average molecular weight is 373 g/mol. The Kier molecular flexibility index (Phi) is 7.13. The van der Waals surface area contributed by atoms with Crippen LogP contribution in [0.15, 0.2) is 72.8 Å². The Balaban J connectivity index is 1.78. The summed E-state index contributed by atoms with van der Waals surface area (Å²) in [6.07, 6.45) is 4.33. The largest absolute Gasteiger partial charge is 0.300 e. The smallest absolute Gasteiger partial charge is 0.166 e. The van der Waals surface area contributed by atoms with Crippen molar-refractivity contribution >= 4 is 22.3 Å². The van der Waals surface area contributed by atoms with Crippen molar-refractivity contribution in [1.82, 2.24) is 0 Å². The molecule has 1 atom stereocenters. The van der Waals surface area contributed by atoms with Crippen molar-refractivity contribution in [2.45, 2.75) is 45.4 Å². The number of unbranched alkanes of at least 4 members (excludes halogenated alkanes) is 1. The van der Waals surface area contributed by atoms with E-state index in [4.69, 9.17) is 0 Å². The van der Waals surface area contributed by atoms with E-state index in [2.05, 4.69) is 19.1 Å². The van der Waals surface area contributed by atoms with E-state index < -0.39 is 0 Å². The summed E-state index contributed by atoms with van der Waals surface area (Å²) in [6.45, 7) is 2.08. The second-order valence-corrected chi connectivity index (χ2v) is 7.49. The summed E-state index contributed by atoms with van der Waals surface area (Å²) in [6, 6.07) is 24.1. The highest BCUT2D eigenvalue weighted by Gasteiger charge is 2.23. The minimum atomic E-state index is -0.259. The fourth-order valence-corrected chi connectivity index (χ4v) is 3.64. The molecule has 0 spiro atoms. The third-order valence-electron chi connectivity index (χ3n) is 5.31. The number of hydrogen-bond donors (Lipinski definition) is 0. The topological polar surface area (TPSA) is 34.1 Å². The number of Topliss-reactive ketones (excluding diaryl/α,β-unsaturated/α-hetero) is 2. The zero-order valence-electron chi connectivity index (χ0n) is 16.6. The molecule has 3 rings (SSSR count). The van der Waals surface area contributed by atoms with E-state index in [0.29, 0.717) is 24.8 Å². The van der Waals surface area contributed by atoms with Crippen LogP contribution in [0.2, 0.25) is 0 Å². The Labute approximate surface area is 167 Å². The second-order valence-electron chi connectivity index (χ2n) is 7.49. The maximum Gasteiger partial charge on any atom is 0.166 e. The number of carbonyl (C=O) groups is 2. The molecule has 0 aliphatic rings. The van der Waals surface area contributed by atoms with Crippen molar-refractivity contribution < 1.29 is 9.59 Å². The quantitative estimate of drug-likeness (QED) is 0.385. The average Bonchev–Trinajstić information content (AvgIpc) is 2.75. The van der Waals surface area contributed by atoms with Gasteiger partial charge in [0.05, 0.1) is 0 Å². The molecule has 0 heterocycles. The number of carbonyl (C=O) groups excluding carboxylic acids is 2. The summed E-state index contributed by atoms with van der Waals surface area (Å²) in [5, 5.41) is 2.19. The molecule has 0 saturated carbocycles. The fourth-order valence-electron chi connectivity index (χ4n) is 3.64. The van der Waals surface area contributed by atoms with Crippen molar-refractivity contribution in [3.8, 4) is 0 Å². The minimum absolute atomic E-state index is 0.0894. The number of ketones is 2. The maximum absolute atomic E-state index is 13.3. The molecule has 0 aliphatic carbocycles. The van der Waals surface area contributed by atoms with Gasteiger partial charge in [-0.3, -0.25) is 9.59 Å². The Hall–Kier alpha value is -2.74. The lowest BCUT2D eigenvalue weighted by Crippen LogP contribution is -2.20. The predicted molar refractivity (Wildman–Crippen MR) is 116 cm³/mol. The first-order chi connectivity index (χ1) is 13.7. The Morgan fingerprint density at radius 2 is 1.57 bits per heavy atom. The van der Waals surface area contributed by atoms with Crippen LogP contribution in [-0.2, 0) is 11.2 Å².